The summed E-state index contributed by atoms with van der Waals surface area (Å²) in [6, 6.07) is 16.7. The zero-order valence-corrected chi connectivity index (χ0v) is 17.1. The minimum atomic E-state index is -0.479. The fraction of sp³-hybridized carbons (Fsp3) is 0.0455. The number of amides is 1. The van der Waals surface area contributed by atoms with Crippen LogP contribution in [0.25, 0.3) is 22.4 Å². The number of ether oxygens (including phenoxy) is 1. The summed E-state index contributed by atoms with van der Waals surface area (Å²) in [5.74, 6) is 0.0474. The number of methoxy groups -OCH3 is 1. The number of halogens is 2. The first-order chi connectivity index (χ1) is 14.5. The number of aromatic nitrogens is 1. The van der Waals surface area contributed by atoms with Gasteiger partial charge in [-0.2, -0.15) is 0 Å². The second-order valence-electron chi connectivity index (χ2n) is 6.33. The number of anilines is 1. The van der Waals surface area contributed by atoms with Gasteiger partial charge in [0.15, 0.2) is 5.75 Å². The first-order valence-electron chi connectivity index (χ1n) is 8.81. The highest BCUT2D eigenvalue weighted by molar-refractivity contribution is 6.37. The van der Waals surface area contributed by atoms with Crippen LogP contribution in [0.3, 0.4) is 0 Å². The van der Waals surface area contributed by atoms with Crippen molar-refractivity contribution in [2.75, 3.05) is 12.4 Å². The van der Waals surface area contributed by atoms with E-state index in [2.05, 4.69) is 10.3 Å². The Hall–Kier alpha value is -3.35. The molecule has 0 aliphatic heterocycles. The number of nitrogens with zero attached hydrogens (tertiary/aromatic N) is 1. The maximum atomic E-state index is 12.6. The highest BCUT2D eigenvalue weighted by atomic mass is 35.5. The molecule has 0 spiro atoms. The Kier molecular flexibility index (Phi) is 5.44. The predicted octanol–water partition coefficient (Wildman–Crippen LogP) is 5.42. The van der Waals surface area contributed by atoms with Crippen molar-refractivity contribution >= 4 is 45.7 Å². The molecule has 0 bridgehead atoms. The summed E-state index contributed by atoms with van der Waals surface area (Å²) in [4.78, 5) is 29.3. The maximum absolute atomic E-state index is 12.6. The average Bonchev–Trinajstić information content (AvgIpc) is 2.73. The smallest absolute Gasteiger partial charge is 0.347 e. The lowest BCUT2D eigenvalue weighted by atomic mass is 10.1. The van der Waals surface area contributed by atoms with Crippen molar-refractivity contribution in [3.8, 4) is 17.2 Å². The predicted molar refractivity (Wildman–Crippen MR) is 117 cm³/mol. The number of hydrogen-bond donors (Lipinski definition) is 1. The highest BCUT2D eigenvalue weighted by Gasteiger charge is 2.15. The van der Waals surface area contributed by atoms with Crippen molar-refractivity contribution < 1.29 is 13.9 Å². The van der Waals surface area contributed by atoms with Gasteiger partial charge < -0.3 is 14.5 Å². The SMILES string of the molecule is COc1c(Cl)cc(C(=O)Nc2cccc(-c3nc4ccccc4c(=O)o3)c2)cc1Cl. The Balaban J connectivity index is 1.65. The molecule has 1 amide bonds. The molecule has 0 aliphatic rings. The fourth-order valence-electron chi connectivity index (χ4n) is 2.96. The zero-order chi connectivity index (χ0) is 21.3. The summed E-state index contributed by atoms with van der Waals surface area (Å²) in [6.07, 6.45) is 0. The molecule has 6 nitrogen and oxygen atoms in total. The van der Waals surface area contributed by atoms with Crippen molar-refractivity contribution in [2.45, 2.75) is 0 Å². The number of para-hydroxylation sites is 1. The Morgan fingerprint density at radius 1 is 1.03 bits per heavy atom. The third kappa shape index (κ3) is 3.87. The Morgan fingerprint density at radius 2 is 1.77 bits per heavy atom. The van der Waals surface area contributed by atoms with E-state index in [1.165, 1.54) is 19.2 Å². The van der Waals surface area contributed by atoms with E-state index in [4.69, 9.17) is 32.4 Å². The van der Waals surface area contributed by atoms with Crippen LogP contribution in [0.2, 0.25) is 10.0 Å². The van der Waals surface area contributed by atoms with Crippen LogP contribution in [0, 0.1) is 0 Å². The Bertz CT molecular complexity index is 1310. The molecular weight excluding hydrogens is 427 g/mol. The van der Waals surface area contributed by atoms with Crippen molar-refractivity contribution in [1.82, 2.24) is 4.98 Å². The molecule has 4 aromatic rings. The van der Waals surface area contributed by atoms with Crippen molar-refractivity contribution in [1.29, 1.82) is 0 Å². The van der Waals surface area contributed by atoms with E-state index in [-0.39, 0.29) is 21.5 Å². The molecule has 0 atom stereocenters. The molecule has 1 N–H and O–H groups in total. The lowest BCUT2D eigenvalue weighted by Crippen LogP contribution is -2.12. The molecule has 30 heavy (non-hydrogen) atoms. The molecule has 3 aromatic carbocycles. The number of benzene rings is 3. The molecule has 0 saturated carbocycles. The third-order valence-corrected chi connectivity index (χ3v) is 4.93. The number of carbonyl (C=O) groups excluding carboxylic acids is 1. The molecule has 0 fully saturated rings. The van der Waals surface area contributed by atoms with Gasteiger partial charge in [-0.05, 0) is 42.5 Å². The average molecular weight is 441 g/mol. The summed E-state index contributed by atoms with van der Waals surface area (Å²) >= 11 is 12.2. The molecule has 1 heterocycles. The van der Waals surface area contributed by atoms with Crippen LogP contribution in [0.5, 0.6) is 5.75 Å². The minimum Gasteiger partial charge on any atom is -0.494 e. The van der Waals surface area contributed by atoms with Gasteiger partial charge in [-0.15, -0.1) is 0 Å². The Morgan fingerprint density at radius 3 is 2.50 bits per heavy atom. The van der Waals surface area contributed by atoms with Gasteiger partial charge in [0.2, 0.25) is 5.89 Å². The number of fused-ring (bicyclic) bond motifs is 1. The fourth-order valence-corrected chi connectivity index (χ4v) is 3.60. The van der Waals surface area contributed by atoms with E-state index in [1.807, 2.05) is 0 Å². The highest BCUT2D eigenvalue weighted by Crippen LogP contribution is 2.34. The first kappa shape index (κ1) is 19.9. The van der Waals surface area contributed by atoms with Crippen LogP contribution in [0.1, 0.15) is 10.4 Å². The van der Waals surface area contributed by atoms with Crippen molar-refractivity contribution in [3.63, 3.8) is 0 Å². The van der Waals surface area contributed by atoms with Crippen molar-refractivity contribution in [3.05, 3.63) is 86.7 Å². The summed E-state index contributed by atoms with van der Waals surface area (Å²) in [7, 11) is 1.44. The van der Waals surface area contributed by atoms with Gasteiger partial charge in [-0.1, -0.05) is 41.4 Å². The molecule has 1 aromatic heterocycles. The molecule has 0 saturated heterocycles. The van der Waals surface area contributed by atoms with Gasteiger partial charge in [0, 0.05) is 16.8 Å². The molecule has 150 valence electrons. The van der Waals surface area contributed by atoms with E-state index in [9.17, 15) is 9.59 Å². The molecule has 0 unspecified atom stereocenters. The largest absolute Gasteiger partial charge is 0.494 e. The lowest BCUT2D eigenvalue weighted by molar-refractivity contribution is 0.102. The number of nitrogens with one attached hydrogen (secondary N) is 1. The van der Waals surface area contributed by atoms with Gasteiger partial charge >= 0.3 is 5.63 Å². The van der Waals surface area contributed by atoms with Crippen LogP contribution in [0.4, 0.5) is 5.69 Å². The van der Waals surface area contributed by atoms with Crippen LogP contribution < -0.4 is 15.7 Å². The molecule has 0 aliphatic carbocycles. The zero-order valence-electron chi connectivity index (χ0n) is 15.6. The number of hydrogen-bond acceptors (Lipinski definition) is 5. The second-order valence-corrected chi connectivity index (χ2v) is 7.15. The molecule has 8 heteroatoms. The summed E-state index contributed by atoms with van der Waals surface area (Å²) < 4.78 is 10.4. The summed E-state index contributed by atoms with van der Waals surface area (Å²) in [5, 5.41) is 3.62. The Labute approximate surface area is 181 Å². The van der Waals surface area contributed by atoms with Gasteiger partial charge in [-0.25, -0.2) is 9.78 Å². The monoisotopic (exact) mass is 440 g/mol. The van der Waals surface area contributed by atoms with Gasteiger partial charge in [-0.3, -0.25) is 4.79 Å². The maximum Gasteiger partial charge on any atom is 0.347 e. The van der Waals surface area contributed by atoms with Gasteiger partial charge in [0.1, 0.15) is 0 Å². The molecular formula is C22H14Cl2N2O4. The number of rotatable bonds is 4. The molecule has 4 rings (SSSR count). The van der Waals surface area contributed by atoms with Crippen LogP contribution in [-0.4, -0.2) is 18.0 Å². The van der Waals surface area contributed by atoms with E-state index < -0.39 is 11.5 Å². The van der Waals surface area contributed by atoms with Gasteiger partial charge in [0.25, 0.3) is 5.91 Å². The van der Waals surface area contributed by atoms with Gasteiger partial charge in [0.05, 0.1) is 28.1 Å². The lowest BCUT2D eigenvalue weighted by Gasteiger charge is -2.10. The topological polar surface area (TPSA) is 81.4 Å². The van der Waals surface area contributed by atoms with E-state index >= 15 is 0 Å². The van der Waals surface area contributed by atoms with Crippen LogP contribution in [0.15, 0.2) is 69.9 Å². The first-order valence-corrected chi connectivity index (χ1v) is 9.56. The molecule has 0 radical (unpaired) electrons. The van der Waals surface area contributed by atoms with E-state index in [0.29, 0.717) is 27.9 Å². The number of carbonyl (C=O) groups is 1. The summed E-state index contributed by atoms with van der Waals surface area (Å²) in [6.45, 7) is 0. The third-order valence-electron chi connectivity index (χ3n) is 4.37. The quantitative estimate of drug-likeness (QED) is 0.457. The van der Waals surface area contributed by atoms with E-state index in [0.717, 1.165) is 0 Å². The van der Waals surface area contributed by atoms with Crippen LogP contribution >= 0.6 is 23.2 Å². The van der Waals surface area contributed by atoms with Crippen molar-refractivity contribution in [2.24, 2.45) is 0 Å². The standard InChI is InChI=1S/C22H14Cl2N2O4/c1-29-19-16(23)10-13(11-17(19)24)20(27)25-14-6-4-5-12(9-14)21-26-18-8-3-2-7-15(18)22(28)30-21/h2-11H,1H3,(H,25,27). The summed E-state index contributed by atoms with van der Waals surface area (Å²) in [5.41, 5.74) is 1.35. The van der Waals surface area contributed by atoms with E-state index in [1.54, 1.807) is 48.5 Å². The normalized spacial score (nSPS) is 10.8. The minimum absolute atomic E-state index is 0.158. The second kappa shape index (κ2) is 8.18. The van der Waals surface area contributed by atoms with Crippen LogP contribution in [-0.2, 0) is 0 Å².